The summed E-state index contributed by atoms with van der Waals surface area (Å²) in [7, 11) is 0. The van der Waals surface area contributed by atoms with E-state index in [0.717, 1.165) is 16.7 Å². The molecule has 3 unspecified atom stereocenters. The first-order valence-electron chi connectivity index (χ1n) is 13.3. The number of aromatic amines is 1. The molecule has 40 heavy (non-hydrogen) atoms. The number of aliphatic carboxylic acids is 1. The minimum atomic E-state index is -1.18. The van der Waals surface area contributed by atoms with Gasteiger partial charge in [0.2, 0.25) is 11.8 Å². The molecule has 1 heterocycles. The van der Waals surface area contributed by atoms with Gasteiger partial charge in [0.25, 0.3) is 0 Å². The molecule has 212 valence electrons. The molecule has 0 saturated carbocycles. The zero-order valence-corrected chi connectivity index (χ0v) is 22.8. The van der Waals surface area contributed by atoms with Crippen molar-refractivity contribution in [3.05, 3.63) is 78.4 Å². The van der Waals surface area contributed by atoms with E-state index in [1.165, 1.54) is 12.5 Å². The van der Waals surface area contributed by atoms with E-state index in [9.17, 15) is 24.3 Å². The molecule has 0 bridgehead atoms. The van der Waals surface area contributed by atoms with Crippen molar-refractivity contribution in [1.82, 2.24) is 20.6 Å². The highest BCUT2D eigenvalue weighted by Gasteiger charge is 2.24. The minimum absolute atomic E-state index is 0.0458. The Morgan fingerprint density at radius 3 is 2.17 bits per heavy atom. The number of carboxylic acid groups (broad SMARTS) is 1. The Morgan fingerprint density at radius 1 is 0.925 bits per heavy atom. The van der Waals surface area contributed by atoms with Crippen LogP contribution in [0.2, 0.25) is 0 Å². The maximum Gasteiger partial charge on any atom is 0.326 e. The molecule has 4 N–H and O–H groups in total. The highest BCUT2D eigenvalue weighted by molar-refractivity contribution is 5.87. The highest BCUT2D eigenvalue weighted by atomic mass is 16.5. The third-order valence-corrected chi connectivity index (χ3v) is 6.43. The van der Waals surface area contributed by atoms with Crippen LogP contribution < -0.4 is 10.6 Å². The lowest BCUT2D eigenvalue weighted by Crippen LogP contribution is -2.43. The molecular formula is C30H36N4O6. The van der Waals surface area contributed by atoms with Crippen LogP contribution >= 0.6 is 0 Å². The van der Waals surface area contributed by atoms with Gasteiger partial charge in [0.05, 0.1) is 18.9 Å². The minimum Gasteiger partial charge on any atom is -0.480 e. The van der Waals surface area contributed by atoms with Gasteiger partial charge in [-0.3, -0.25) is 14.4 Å². The Labute approximate surface area is 233 Å². The van der Waals surface area contributed by atoms with E-state index in [1.54, 1.807) is 13.8 Å². The van der Waals surface area contributed by atoms with Crippen LogP contribution in [0.1, 0.15) is 44.4 Å². The summed E-state index contributed by atoms with van der Waals surface area (Å²) < 4.78 is 5.14. The number of aromatic nitrogens is 2. The van der Waals surface area contributed by atoms with Crippen LogP contribution in [0.5, 0.6) is 0 Å². The molecule has 0 radical (unpaired) electrons. The maximum atomic E-state index is 12.8. The average molecular weight is 549 g/mol. The standard InChI is InChI=1S/C30H36N4O6/c1-3-40-30(39)20(2)15-24(16-21-9-11-23(12-10-21)22-7-5-4-6-8-22)33-27(35)13-14-28(36)34-26(29(37)38)17-25-18-31-19-32-25/h4-12,18-20,24,26H,3,13-17H2,1-2H3,(H,31,32)(H,33,35)(H,34,36)(H,37,38). The van der Waals surface area contributed by atoms with Gasteiger partial charge in [-0.1, -0.05) is 61.5 Å². The predicted molar refractivity (Wildman–Crippen MR) is 149 cm³/mol. The fourth-order valence-electron chi connectivity index (χ4n) is 4.36. The summed E-state index contributed by atoms with van der Waals surface area (Å²) in [6.07, 6.45) is 3.51. The first kappa shape index (κ1) is 30.1. The Hall–Kier alpha value is -4.47. The molecule has 0 fully saturated rings. The zero-order chi connectivity index (χ0) is 28.9. The summed E-state index contributed by atoms with van der Waals surface area (Å²) in [6, 6.07) is 16.5. The number of hydrogen-bond donors (Lipinski definition) is 4. The van der Waals surface area contributed by atoms with Gasteiger partial charge in [-0.15, -0.1) is 0 Å². The number of amides is 2. The second-order valence-electron chi connectivity index (χ2n) is 9.66. The van der Waals surface area contributed by atoms with Crippen LogP contribution in [0.25, 0.3) is 11.1 Å². The first-order chi connectivity index (χ1) is 19.2. The summed E-state index contributed by atoms with van der Waals surface area (Å²) in [6.45, 7) is 3.77. The van der Waals surface area contributed by atoms with Crippen molar-refractivity contribution in [2.45, 2.75) is 58.0 Å². The molecule has 3 aromatic rings. The average Bonchev–Trinajstić information content (AvgIpc) is 3.46. The number of hydrogen-bond acceptors (Lipinski definition) is 6. The number of ether oxygens (including phenoxy) is 1. The van der Waals surface area contributed by atoms with Crippen molar-refractivity contribution in [3.8, 4) is 11.1 Å². The second-order valence-corrected chi connectivity index (χ2v) is 9.66. The van der Waals surface area contributed by atoms with Crippen molar-refractivity contribution in [1.29, 1.82) is 0 Å². The monoisotopic (exact) mass is 548 g/mol. The number of H-pyrrole nitrogens is 1. The first-order valence-corrected chi connectivity index (χ1v) is 13.3. The molecule has 0 saturated heterocycles. The van der Waals surface area contributed by atoms with Crippen LogP contribution in [-0.2, 0) is 36.8 Å². The molecule has 10 heteroatoms. The lowest BCUT2D eigenvalue weighted by molar-refractivity contribution is -0.148. The lowest BCUT2D eigenvalue weighted by Gasteiger charge is -2.22. The molecule has 2 aromatic carbocycles. The topological polar surface area (TPSA) is 150 Å². The third-order valence-electron chi connectivity index (χ3n) is 6.43. The van der Waals surface area contributed by atoms with Crippen molar-refractivity contribution in [2.75, 3.05) is 6.61 Å². The zero-order valence-electron chi connectivity index (χ0n) is 22.8. The van der Waals surface area contributed by atoms with Crippen LogP contribution in [0.4, 0.5) is 0 Å². The lowest BCUT2D eigenvalue weighted by atomic mass is 9.94. The number of nitrogens with one attached hydrogen (secondary N) is 3. The van der Waals surface area contributed by atoms with E-state index in [2.05, 4.69) is 20.6 Å². The number of carbonyl (C=O) groups excluding carboxylic acids is 3. The van der Waals surface area contributed by atoms with Crippen LogP contribution in [0, 0.1) is 5.92 Å². The molecule has 0 aliphatic heterocycles. The number of carboxylic acids is 1. The summed E-state index contributed by atoms with van der Waals surface area (Å²) in [5, 5.41) is 14.8. The molecule has 10 nitrogen and oxygen atoms in total. The number of rotatable bonds is 15. The van der Waals surface area contributed by atoms with Crippen molar-refractivity contribution >= 4 is 23.8 Å². The molecule has 0 spiro atoms. The van der Waals surface area contributed by atoms with Crippen molar-refractivity contribution < 1.29 is 29.0 Å². The smallest absolute Gasteiger partial charge is 0.326 e. The number of imidazole rings is 1. The highest BCUT2D eigenvalue weighted by Crippen LogP contribution is 2.21. The molecule has 1 aromatic heterocycles. The molecule has 3 rings (SSSR count). The van der Waals surface area contributed by atoms with Gasteiger partial charge in [-0.25, -0.2) is 9.78 Å². The van der Waals surface area contributed by atoms with Gasteiger partial charge in [-0.2, -0.15) is 0 Å². The van der Waals surface area contributed by atoms with Gasteiger partial charge in [-0.05, 0) is 36.5 Å². The number of nitrogens with zero attached hydrogens (tertiary/aromatic N) is 1. The Balaban J connectivity index is 1.59. The molecule has 0 aliphatic carbocycles. The van der Waals surface area contributed by atoms with E-state index in [0.29, 0.717) is 18.5 Å². The summed E-state index contributed by atoms with van der Waals surface area (Å²) in [5.74, 6) is -2.86. The fraction of sp³-hybridized carbons (Fsp3) is 0.367. The van der Waals surface area contributed by atoms with E-state index >= 15 is 0 Å². The number of esters is 1. The second kappa shape index (κ2) is 15.2. The van der Waals surface area contributed by atoms with Gasteiger partial charge in [0.1, 0.15) is 6.04 Å². The molecule has 2 amide bonds. The van der Waals surface area contributed by atoms with Crippen molar-refractivity contribution in [2.24, 2.45) is 5.92 Å². The van der Waals surface area contributed by atoms with E-state index in [-0.39, 0.29) is 43.8 Å². The fourth-order valence-corrected chi connectivity index (χ4v) is 4.36. The van der Waals surface area contributed by atoms with Gasteiger partial charge >= 0.3 is 11.9 Å². The molecule has 3 atom stereocenters. The summed E-state index contributed by atoms with van der Waals surface area (Å²) in [4.78, 5) is 55.7. The van der Waals surface area contributed by atoms with Gasteiger partial charge in [0, 0.05) is 37.2 Å². The van der Waals surface area contributed by atoms with Crippen LogP contribution in [0.3, 0.4) is 0 Å². The van der Waals surface area contributed by atoms with Gasteiger partial charge < -0.3 is 25.5 Å². The Bertz CT molecular complexity index is 1240. The Morgan fingerprint density at radius 2 is 1.57 bits per heavy atom. The number of carbonyl (C=O) groups is 4. The summed E-state index contributed by atoms with van der Waals surface area (Å²) >= 11 is 0. The van der Waals surface area contributed by atoms with Gasteiger partial charge in [0.15, 0.2) is 0 Å². The molecular weight excluding hydrogens is 512 g/mol. The van der Waals surface area contributed by atoms with E-state index in [4.69, 9.17) is 4.74 Å². The quantitative estimate of drug-likeness (QED) is 0.213. The van der Waals surface area contributed by atoms with Crippen LogP contribution in [-0.4, -0.2) is 57.5 Å². The van der Waals surface area contributed by atoms with E-state index < -0.39 is 23.8 Å². The van der Waals surface area contributed by atoms with Crippen LogP contribution in [0.15, 0.2) is 67.1 Å². The third kappa shape index (κ3) is 9.68. The molecule has 0 aliphatic rings. The predicted octanol–water partition coefficient (Wildman–Crippen LogP) is 3.29. The van der Waals surface area contributed by atoms with E-state index in [1.807, 2.05) is 54.6 Å². The maximum absolute atomic E-state index is 12.8. The normalized spacial score (nSPS) is 13.1. The SMILES string of the molecule is CCOC(=O)C(C)CC(Cc1ccc(-c2ccccc2)cc1)NC(=O)CCC(=O)NC(Cc1cnc[nH]1)C(=O)O. The largest absolute Gasteiger partial charge is 0.480 e. The summed E-state index contributed by atoms with van der Waals surface area (Å²) in [5.41, 5.74) is 3.73. The Kier molecular flexibility index (Phi) is 11.4. The number of benzene rings is 2. The van der Waals surface area contributed by atoms with Crippen molar-refractivity contribution in [3.63, 3.8) is 0 Å².